The maximum absolute atomic E-state index is 11.6. The van der Waals surface area contributed by atoms with Crippen molar-refractivity contribution in [3.05, 3.63) is 17.0 Å². The van der Waals surface area contributed by atoms with Gasteiger partial charge in [-0.1, -0.05) is 0 Å². The van der Waals surface area contributed by atoms with Gasteiger partial charge < -0.3 is 10.4 Å². The van der Waals surface area contributed by atoms with Gasteiger partial charge >= 0.3 is 5.97 Å². The van der Waals surface area contributed by atoms with Gasteiger partial charge in [-0.3, -0.25) is 14.7 Å². The Hall–Kier alpha value is -1.85. The summed E-state index contributed by atoms with van der Waals surface area (Å²) in [4.78, 5) is 21.8. The van der Waals surface area contributed by atoms with E-state index in [1.54, 1.807) is 13.8 Å². The van der Waals surface area contributed by atoms with Crippen molar-refractivity contribution in [2.24, 2.45) is 0 Å². The second-order valence-corrected chi connectivity index (χ2v) is 3.21. The fraction of sp³-hybridized carbons (Fsp3) is 0.444. The normalized spacial score (nSPS) is 10.0. The first kappa shape index (κ1) is 11.2. The highest BCUT2D eigenvalue weighted by atomic mass is 16.4. The number of hydrogen-bond donors (Lipinski definition) is 3. The minimum Gasteiger partial charge on any atom is -0.481 e. The number of carbonyl (C=O) groups is 2. The second kappa shape index (κ2) is 4.59. The van der Waals surface area contributed by atoms with Crippen LogP contribution in [0, 0.1) is 13.8 Å². The minimum atomic E-state index is -0.934. The summed E-state index contributed by atoms with van der Waals surface area (Å²) in [7, 11) is 0. The van der Waals surface area contributed by atoms with Gasteiger partial charge in [-0.25, -0.2) is 0 Å². The molecule has 0 radical (unpaired) electrons. The molecule has 0 spiro atoms. The maximum Gasteiger partial charge on any atom is 0.305 e. The fourth-order valence-corrected chi connectivity index (χ4v) is 1.26. The molecule has 0 atom stereocenters. The Balaban J connectivity index is 2.58. The van der Waals surface area contributed by atoms with Crippen LogP contribution in [0.25, 0.3) is 0 Å². The van der Waals surface area contributed by atoms with E-state index in [1.807, 2.05) is 0 Å². The molecule has 1 rings (SSSR count). The monoisotopic (exact) mass is 211 g/mol. The van der Waals surface area contributed by atoms with Crippen LogP contribution >= 0.6 is 0 Å². The van der Waals surface area contributed by atoms with E-state index < -0.39 is 5.97 Å². The van der Waals surface area contributed by atoms with Gasteiger partial charge in [-0.15, -0.1) is 0 Å². The van der Waals surface area contributed by atoms with E-state index in [0.29, 0.717) is 17.0 Å². The highest BCUT2D eigenvalue weighted by molar-refractivity contribution is 5.96. The number of carboxylic acid groups (broad SMARTS) is 1. The van der Waals surface area contributed by atoms with Crippen LogP contribution in [0.5, 0.6) is 0 Å². The first-order valence-electron chi connectivity index (χ1n) is 4.54. The Kier molecular flexibility index (Phi) is 3.43. The van der Waals surface area contributed by atoms with Gasteiger partial charge in [-0.05, 0) is 13.8 Å². The largest absolute Gasteiger partial charge is 0.481 e. The van der Waals surface area contributed by atoms with E-state index in [9.17, 15) is 9.59 Å². The molecule has 15 heavy (non-hydrogen) atoms. The third-order valence-electron chi connectivity index (χ3n) is 1.98. The SMILES string of the molecule is Cc1n[nH]c(C)c1C(=O)NCCC(=O)O. The molecule has 0 aliphatic carbocycles. The lowest BCUT2D eigenvalue weighted by atomic mass is 10.2. The van der Waals surface area contributed by atoms with Crippen LogP contribution in [-0.4, -0.2) is 33.7 Å². The summed E-state index contributed by atoms with van der Waals surface area (Å²) >= 11 is 0. The Labute approximate surface area is 86.7 Å². The third kappa shape index (κ3) is 2.80. The zero-order chi connectivity index (χ0) is 11.4. The van der Waals surface area contributed by atoms with Crippen molar-refractivity contribution < 1.29 is 14.7 Å². The topological polar surface area (TPSA) is 95.1 Å². The molecule has 0 unspecified atom stereocenters. The molecule has 6 heteroatoms. The van der Waals surface area contributed by atoms with Crippen LogP contribution in [0.15, 0.2) is 0 Å². The van der Waals surface area contributed by atoms with Crippen LogP contribution < -0.4 is 5.32 Å². The average molecular weight is 211 g/mol. The highest BCUT2D eigenvalue weighted by Crippen LogP contribution is 2.08. The number of carboxylic acids is 1. The second-order valence-electron chi connectivity index (χ2n) is 3.21. The van der Waals surface area contributed by atoms with E-state index in [-0.39, 0.29) is 18.9 Å². The Morgan fingerprint density at radius 1 is 1.47 bits per heavy atom. The number of hydrogen-bond acceptors (Lipinski definition) is 3. The van der Waals surface area contributed by atoms with Gasteiger partial charge in [0.25, 0.3) is 5.91 Å². The van der Waals surface area contributed by atoms with Crippen molar-refractivity contribution in [1.29, 1.82) is 0 Å². The predicted molar refractivity (Wildman–Crippen MR) is 52.6 cm³/mol. The van der Waals surface area contributed by atoms with Gasteiger partial charge in [0, 0.05) is 12.2 Å². The van der Waals surface area contributed by atoms with Crippen LogP contribution in [0.2, 0.25) is 0 Å². The number of aryl methyl sites for hydroxylation is 2. The molecule has 1 amide bonds. The molecule has 3 N–H and O–H groups in total. The smallest absolute Gasteiger partial charge is 0.305 e. The Bertz CT molecular complexity index is 364. The lowest BCUT2D eigenvalue weighted by Gasteiger charge is -2.02. The summed E-state index contributed by atoms with van der Waals surface area (Å²) in [6, 6.07) is 0. The third-order valence-corrected chi connectivity index (χ3v) is 1.98. The lowest BCUT2D eigenvalue weighted by molar-refractivity contribution is -0.136. The molecule has 82 valence electrons. The molecule has 1 aromatic heterocycles. The van der Waals surface area contributed by atoms with Crippen molar-refractivity contribution in [3.63, 3.8) is 0 Å². The number of aliphatic carboxylic acids is 1. The van der Waals surface area contributed by atoms with Gasteiger partial charge in [0.2, 0.25) is 0 Å². The van der Waals surface area contributed by atoms with Crippen LogP contribution in [-0.2, 0) is 4.79 Å². The van der Waals surface area contributed by atoms with Gasteiger partial charge in [0.15, 0.2) is 0 Å². The molecule has 0 aliphatic rings. The quantitative estimate of drug-likeness (QED) is 0.664. The van der Waals surface area contributed by atoms with E-state index in [2.05, 4.69) is 15.5 Å². The molecule has 0 fully saturated rings. The number of nitrogens with one attached hydrogen (secondary N) is 2. The summed E-state index contributed by atoms with van der Waals surface area (Å²) in [6.07, 6.45) is -0.0817. The molecule has 0 saturated carbocycles. The summed E-state index contributed by atoms with van der Waals surface area (Å²) < 4.78 is 0. The van der Waals surface area contributed by atoms with Crippen molar-refractivity contribution in [1.82, 2.24) is 15.5 Å². The number of aromatic nitrogens is 2. The number of carbonyl (C=O) groups excluding carboxylic acids is 1. The molecule has 0 bridgehead atoms. The molecular weight excluding hydrogens is 198 g/mol. The zero-order valence-corrected chi connectivity index (χ0v) is 8.63. The lowest BCUT2D eigenvalue weighted by Crippen LogP contribution is -2.26. The first-order chi connectivity index (χ1) is 7.02. The summed E-state index contributed by atoms with van der Waals surface area (Å²) in [5.74, 6) is -1.23. The van der Waals surface area contributed by atoms with Crippen molar-refractivity contribution in [3.8, 4) is 0 Å². The molecule has 0 aliphatic heterocycles. The van der Waals surface area contributed by atoms with E-state index in [4.69, 9.17) is 5.11 Å². The molecular formula is C9H13N3O3. The Morgan fingerprint density at radius 2 is 2.13 bits per heavy atom. The van der Waals surface area contributed by atoms with E-state index in [1.165, 1.54) is 0 Å². The average Bonchev–Trinajstić information content (AvgIpc) is 2.45. The van der Waals surface area contributed by atoms with Crippen molar-refractivity contribution in [2.75, 3.05) is 6.54 Å². The summed E-state index contributed by atoms with van der Waals surface area (Å²) in [6.45, 7) is 3.58. The van der Waals surface area contributed by atoms with Crippen LogP contribution in [0.1, 0.15) is 28.2 Å². The van der Waals surface area contributed by atoms with Crippen LogP contribution in [0.4, 0.5) is 0 Å². The molecule has 1 heterocycles. The van der Waals surface area contributed by atoms with Gasteiger partial charge in [0.1, 0.15) is 0 Å². The summed E-state index contributed by atoms with van der Waals surface area (Å²) in [5, 5.41) is 17.5. The zero-order valence-electron chi connectivity index (χ0n) is 8.63. The van der Waals surface area contributed by atoms with Gasteiger partial charge in [0.05, 0.1) is 17.7 Å². The number of nitrogens with zero attached hydrogens (tertiary/aromatic N) is 1. The summed E-state index contributed by atoms with van der Waals surface area (Å²) in [5.41, 5.74) is 1.78. The molecule has 6 nitrogen and oxygen atoms in total. The number of rotatable bonds is 4. The fourth-order valence-electron chi connectivity index (χ4n) is 1.26. The first-order valence-corrected chi connectivity index (χ1v) is 4.54. The number of H-pyrrole nitrogens is 1. The van der Waals surface area contributed by atoms with Crippen LogP contribution in [0.3, 0.4) is 0 Å². The molecule has 0 aromatic carbocycles. The number of amides is 1. The number of aromatic amines is 1. The Morgan fingerprint density at radius 3 is 2.60 bits per heavy atom. The standard InChI is InChI=1S/C9H13N3O3/c1-5-8(6(2)12-11-5)9(15)10-4-3-7(13)14/h3-4H2,1-2H3,(H,10,15)(H,11,12)(H,13,14). The maximum atomic E-state index is 11.6. The van der Waals surface area contributed by atoms with E-state index in [0.717, 1.165) is 0 Å². The van der Waals surface area contributed by atoms with E-state index >= 15 is 0 Å². The molecule has 1 aromatic rings. The van der Waals surface area contributed by atoms with Crippen molar-refractivity contribution in [2.45, 2.75) is 20.3 Å². The molecule has 0 saturated heterocycles. The minimum absolute atomic E-state index is 0.0817. The van der Waals surface area contributed by atoms with Gasteiger partial charge in [-0.2, -0.15) is 5.10 Å². The van der Waals surface area contributed by atoms with Crippen molar-refractivity contribution >= 4 is 11.9 Å². The highest BCUT2D eigenvalue weighted by Gasteiger charge is 2.14. The predicted octanol–water partition coefficient (Wildman–Crippen LogP) is 0.231.